The Morgan fingerprint density at radius 2 is 1.74 bits per heavy atom. The number of fused-ring (bicyclic) bond motifs is 3. The van der Waals surface area contributed by atoms with E-state index in [2.05, 4.69) is 11.6 Å². The van der Waals surface area contributed by atoms with Gasteiger partial charge in [-0.3, -0.25) is 22.9 Å². The molecule has 0 saturated carbocycles. The Labute approximate surface area is 177 Å². The van der Waals surface area contributed by atoms with E-state index >= 15 is 0 Å². The number of primary sulfonamides is 1. The van der Waals surface area contributed by atoms with Crippen molar-refractivity contribution in [1.29, 1.82) is 0 Å². The number of aromatic nitrogens is 5. The molecule has 3 aromatic heterocycles. The summed E-state index contributed by atoms with van der Waals surface area (Å²) in [5, 5.41) is 5.19. The van der Waals surface area contributed by atoms with Gasteiger partial charge in [-0.05, 0) is 45.0 Å². The molecule has 162 valence electrons. The number of rotatable bonds is 4. The molecule has 4 rings (SSSR count). The van der Waals surface area contributed by atoms with Crippen LogP contribution in [0.25, 0.3) is 22.6 Å². The summed E-state index contributed by atoms with van der Waals surface area (Å²) in [5.41, 5.74) is 2.54. The summed E-state index contributed by atoms with van der Waals surface area (Å²) in [6.45, 7) is 9.39. The van der Waals surface area contributed by atoms with E-state index in [-0.39, 0.29) is 17.1 Å². The highest BCUT2D eigenvalue weighted by Crippen LogP contribution is 2.25. The first-order valence-corrected chi connectivity index (χ1v) is 11.0. The SMILES string of the molecule is C=C(C)Cn1c(=O)c2c(nc3n(-c4ccc(S(N)(=O)=O)cc4)c(C)c(C)n23)n(C)c1=O. The molecule has 0 bridgehead atoms. The highest BCUT2D eigenvalue weighted by atomic mass is 32.2. The molecule has 0 radical (unpaired) electrons. The Balaban J connectivity index is 2.10. The van der Waals surface area contributed by atoms with Gasteiger partial charge in [-0.2, -0.15) is 4.98 Å². The molecule has 0 atom stereocenters. The first kappa shape index (κ1) is 20.8. The zero-order chi connectivity index (χ0) is 22.8. The number of hydrogen-bond donors (Lipinski definition) is 1. The number of allylic oxidation sites excluding steroid dienone is 1. The quantitative estimate of drug-likeness (QED) is 0.472. The number of aryl methyl sites for hydroxylation is 2. The van der Waals surface area contributed by atoms with E-state index in [1.165, 1.54) is 16.7 Å². The van der Waals surface area contributed by atoms with E-state index in [4.69, 9.17) is 5.14 Å². The number of nitrogens with zero attached hydrogens (tertiary/aromatic N) is 5. The molecule has 31 heavy (non-hydrogen) atoms. The molecule has 0 unspecified atom stereocenters. The molecule has 10 nitrogen and oxygen atoms in total. The van der Waals surface area contributed by atoms with Crippen LogP contribution in [0.4, 0.5) is 0 Å². The topological polar surface area (TPSA) is 126 Å². The second kappa shape index (κ2) is 6.79. The van der Waals surface area contributed by atoms with Gasteiger partial charge in [0, 0.05) is 24.1 Å². The number of benzene rings is 1. The van der Waals surface area contributed by atoms with Crippen LogP contribution in [0.15, 0.2) is 50.9 Å². The van der Waals surface area contributed by atoms with Gasteiger partial charge in [0.25, 0.3) is 5.56 Å². The molecule has 0 aliphatic carbocycles. The van der Waals surface area contributed by atoms with Crippen molar-refractivity contribution in [3.05, 3.63) is 68.6 Å². The van der Waals surface area contributed by atoms with E-state index in [9.17, 15) is 18.0 Å². The molecule has 0 aliphatic heterocycles. The zero-order valence-corrected chi connectivity index (χ0v) is 18.4. The summed E-state index contributed by atoms with van der Waals surface area (Å²) in [4.78, 5) is 30.6. The number of imidazole rings is 2. The Kier molecular flexibility index (Phi) is 4.56. The third kappa shape index (κ3) is 3.04. The molecule has 1 aromatic carbocycles. The zero-order valence-electron chi connectivity index (χ0n) is 17.6. The standard InChI is InChI=1S/C20H22N6O4S/c1-11(2)10-24-18(27)16-17(23(5)20(24)28)22-19-25(12(3)13(4)26(16)19)14-6-8-15(9-7-14)31(21,29)30/h6-9H,1,10H2,2-5H3,(H2,21,29,30). The Morgan fingerprint density at radius 1 is 1.13 bits per heavy atom. The Morgan fingerprint density at radius 3 is 2.29 bits per heavy atom. The third-order valence-electron chi connectivity index (χ3n) is 5.37. The molecule has 0 spiro atoms. The minimum Gasteiger partial charge on any atom is -0.283 e. The third-order valence-corrected chi connectivity index (χ3v) is 6.30. The maximum Gasteiger partial charge on any atom is 0.332 e. The lowest BCUT2D eigenvalue weighted by atomic mass is 10.3. The summed E-state index contributed by atoms with van der Waals surface area (Å²) in [6.07, 6.45) is 0. The van der Waals surface area contributed by atoms with Crippen molar-refractivity contribution in [2.45, 2.75) is 32.2 Å². The van der Waals surface area contributed by atoms with Crippen LogP contribution in [0.3, 0.4) is 0 Å². The Bertz CT molecular complexity index is 1620. The minimum atomic E-state index is -3.82. The van der Waals surface area contributed by atoms with Crippen molar-refractivity contribution in [2.75, 3.05) is 0 Å². The molecular formula is C20H22N6O4S. The van der Waals surface area contributed by atoms with Crippen LogP contribution in [-0.2, 0) is 23.6 Å². The molecule has 0 amide bonds. The van der Waals surface area contributed by atoms with Gasteiger partial charge in [0.2, 0.25) is 15.8 Å². The predicted octanol–water partition coefficient (Wildman–Crippen LogP) is 0.979. The van der Waals surface area contributed by atoms with Gasteiger partial charge in [-0.1, -0.05) is 12.2 Å². The van der Waals surface area contributed by atoms with Gasteiger partial charge in [-0.25, -0.2) is 18.4 Å². The highest BCUT2D eigenvalue weighted by Gasteiger charge is 2.23. The fourth-order valence-electron chi connectivity index (χ4n) is 3.75. The van der Waals surface area contributed by atoms with Gasteiger partial charge in [0.1, 0.15) is 0 Å². The summed E-state index contributed by atoms with van der Waals surface area (Å²) in [7, 11) is -2.25. The van der Waals surface area contributed by atoms with Gasteiger partial charge in [-0.15, -0.1) is 0 Å². The van der Waals surface area contributed by atoms with Crippen LogP contribution in [0.1, 0.15) is 18.3 Å². The number of hydrogen-bond acceptors (Lipinski definition) is 5. The first-order chi connectivity index (χ1) is 14.4. The van der Waals surface area contributed by atoms with Crippen molar-refractivity contribution in [3.8, 4) is 5.69 Å². The van der Waals surface area contributed by atoms with Crippen LogP contribution in [0, 0.1) is 13.8 Å². The monoisotopic (exact) mass is 442 g/mol. The maximum atomic E-state index is 13.2. The fraction of sp³-hybridized carbons (Fsp3) is 0.250. The van der Waals surface area contributed by atoms with E-state index in [1.807, 2.05) is 13.8 Å². The second-order valence-electron chi connectivity index (χ2n) is 7.65. The summed E-state index contributed by atoms with van der Waals surface area (Å²) >= 11 is 0. The summed E-state index contributed by atoms with van der Waals surface area (Å²) < 4.78 is 29.2. The van der Waals surface area contributed by atoms with E-state index in [0.29, 0.717) is 22.6 Å². The van der Waals surface area contributed by atoms with Crippen molar-refractivity contribution in [2.24, 2.45) is 12.2 Å². The van der Waals surface area contributed by atoms with Crippen molar-refractivity contribution in [3.63, 3.8) is 0 Å². The average Bonchev–Trinajstić information content (AvgIpc) is 3.19. The first-order valence-electron chi connectivity index (χ1n) is 9.41. The van der Waals surface area contributed by atoms with Crippen molar-refractivity contribution >= 4 is 27.0 Å². The lowest BCUT2D eigenvalue weighted by molar-refractivity contribution is 0.598. The van der Waals surface area contributed by atoms with E-state index in [0.717, 1.165) is 16.0 Å². The van der Waals surface area contributed by atoms with Crippen LogP contribution < -0.4 is 16.4 Å². The molecule has 11 heteroatoms. The lowest BCUT2D eigenvalue weighted by Gasteiger charge is -2.08. The summed E-state index contributed by atoms with van der Waals surface area (Å²) in [6, 6.07) is 6.05. The predicted molar refractivity (Wildman–Crippen MR) is 117 cm³/mol. The Hall–Kier alpha value is -3.44. The van der Waals surface area contributed by atoms with Gasteiger partial charge < -0.3 is 0 Å². The summed E-state index contributed by atoms with van der Waals surface area (Å²) in [5.74, 6) is 0.438. The molecular weight excluding hydrogens is 420 g/mol. The highest BCUT2D eigenvalue weighted by molar-refractivity contribution is 7.89. The normalized spacial score (nSPS) is 12.2. The van der Waals surface area contributed by atoms with E-state index < -0.39 is 21.3 Å². The molecule has 0 saturated heterocycles. The van der Waals surface area contributed by atoms with Crippen molar-refractivity contribution in [1.82, 2.24) is 23.1 Å². The van der Waals surface area contributed by atoms with Crippen LogP contribution in [0.5, 0.6) is 0 Å². The lowest BCUT2D eigenvalue weighted by Crippen LogP contribution is -2.39. The van der Waals surface area contributed by atoms with E-state index in [1.54, 1.807) is 35.1 Å². The fourth-order valence-corrected chi connectivity index (χ4v) is 4.27. The molecule has 0 aliphatic rings. The molecule has 4 aromatic rings. The van der Waals surface area contributed by atoms with Crippen LogP contribution >= 0.6 is 0 Å². The van der Waals surface area contributed by atoms with Gasteiger partial charge in [0.05, 0.1) is 11.4 Å². The number of nitrogens with two attached hydrogens (primary N) is 1. The van der Waals surface area contributed by atoms with Crippen LogP contribution in [-0.4, -0.2) is 31.5 Å². The van der Waals surface area contributed by atoms with Crippen molar-refractivity contribution < 1.29 is 8.42 Å². The molecule has 0 fully saturated rings. The van der Waals surface area contributed by atoms with Gasteiger partial charge in [0.15, 0.2) is 11.2 Å². The largest absolute Gasteiger partial charge is 0.332 e. The molecule has 2 N–H and O–H groups in total. The second-order valence-corrected chi connectivity index (χ2v) is 9.22. The minimum absolute atomic E-state index is 0.00705. The maximum absolute atomic E-state index is 13.2. The van der Waals surface area contributed by atoms with Crippen LogP contribution in [0.2, 0.25) is 0 Å². The number of sulfonamides is 1. The average molecular weight is 443 g/mol. The molecule has 3 heterocycles. The van der Waals surface area contributed by atoms with Gasteiger partial charge >= 0.3 is 5.69 Å². The smallest absolute Gasteiger partial charge is 0.283 e.